The molecule has 1 aromatic carbocycles. The van der Waals surface area contributed by atoms with E-state index in [0.717, 1.165) is 25.7 Å². The van der Waals surface area contributed by atoms with Crippen LogP contribution in [0.3, 0.4) is 0 Å². The fraction of sp³-hybridized carbons (Fsp3) is 0.724. The normalized spacial score (nSPS) is 12.8. The van der Waals surface area contributed by atoms with Gasteiger partial charge in [-0.1, -0.05) is 85.6 Å². The first kappa shape index (κ1) is 34.2. The third-order valence-electron chi connectivity index (χ3n) is 6.12. The highest BCUT2D eigenvalue weighted by Gasteiger charge is 2.35. The molecule has 0 aliphatic rings. The van der Waals surface area contributed by atoms with Crippen molar-refractivity contribution >= 4 is 20.9 Å². The van der Waals surface area contributed by atoms with E-state index in [4.69, 9.17) is 18.8 Å². The average Bonchev–Trinajstić information content (AvgIpc) is 2.85. The van der Waals surface area contributed by atoms with E-state index in [1.54, 1.807) is 18.2 Å². The van der Waals surface area contributed by atoms with E-state index >= 15 is 0 Å². The van der Waals surface area contributed by atoms with Crippen LogP contribution in [0.2, 0.25) is 0 Å². The minimum Gasteiger partial charge on any atom is -0.496 e. The maximum Gasteiger partial charge on any atom is 0.316 e. The van der Waals surface area contributed by atoms with Gasteiger partial charge in [-0.25, -0.2) is 0 Å². The highest BCUT2D eigenvalue weighted by Crippen LogP contribution is 2.35. The summed E-state index contributed by atoms with van der Waals surface area (Å²) < 4.78 is 24.8. The molecule has 0 spiro atoms. The van der Waals surface area contributed by atoms with E-state index in [0.29, 0.717) is 39.2 Å². The largest absolute Gasteiger partial charge is 0.496 e. The fourth-order valence-corrected chi connectivity index (χ4v) is 4.62. The molecule has 7 heteroatoms. The summed E-state index contributed by atoms with van der Waals surface area (Å²) in [4.78, 5) is 26.8. The van der Waals surface area contributed by atoms with Crippen LogP contribution in [-0.4, -0.2) is 32.6 Å². The van der Waals surface area contributed by atoms with E-state index in [-0.39, 0.29) is 17.1 Å². The summed E-state index contributed by atoms with van der Waals surface area (Å²) in [5.41, 5.74) is 0.417. The number of ketones is 1. The number of hydrogen-bond acceptors (Lipinski definition) is 6. The predicted octanol–water partition coefficient (Wildman–Crippen LogP) is 7.59. The molecule has 0 N–H and O–H groups in total. The summed E-state index contributed by atoms with van der Waals surface area (Å²) in [5, 5.41) is 0. The van der Waals surface area contributed by atoms with Crippen LogP contribution in [0.15, 0.2) is 18.2 Å². The minimum atomic E-state index is -0.878. The Hall–Kier alpha value is -1.81. The van der Waals surface area contributed by atoms with Crippen molar-refractivity contribution in [3.05, 3.63) is 23.8 Å². The number of carbonyl (C=O) groups is 2. The van der Waals surface area contributed by atoms with Crippen molar-refractivity contribution in [1.82, 2.24) is 0 Å². The predicted molar refractivity (Wildman–Crippen MR) is 151 cm³/mol. The summed E-state index contributed by atoms with van der Waals surface area (Å²) in [6, 6.07) is 5.21. The van der Waals surface area contributed by atoms with E-state index < -0.39 is 11.9 Å². The molecule has 0 aliphatic heterocycles. The van der Waals surface area contributed by atoms with E-state index in [9.17, 15) is 9.59 Å². The number of carbonyl (C=O) groups excluding carboxylic acids is 2. The van der Waals surface area contributed by atoms with Gasteiger partial charge in [-0.3, -0.25) is 9.59 Å². The molecule has 0 aliphatic carbocycles. The molecular weight excluding hydrogens is 475 g/mol. The summed E-state index contributed by atoms with van der Waals surface area (Å²) in [7, 11) is 3.65. The molecule has 0 saturated carbocycles. The molecule has 0 amide bonds. The maximum atomic E-state index is 13.6. The van der Waals surface area contributed by atoms with Gasteiger partial charge in [0.1, 0.15) is 23.0 Å². The third-order valence-corrected chi connectivity index (χ3v) is 6.12. The van der Waals surface area contributed by atoms with Crippen LogP contribution in [0.25, 0.3) is 0 Å². The SMILES string of the molecule is CCCCCCCCCCOC(=O)C(CC(C)CC(C)(C)C)C(=O)c1c(OC)cccc1OC.O=[PH3]. The van der Waals surface area contributed by atoms with Crippen LogP contribution in [0.4, 0.5) is 0 Å². The fourth-order valence-electron chi connectivity index (χ4n) is 4.62. The quantitative estimate of drug-likeness (QED) is 0.0684. The zero-order valence-corrected chi connectivity index (χ0v) is 25.2. The highest BCUT2D eigenvalue weighted by molar-refractivity contribution is 7.00. The number of unbranched alkanes of at least 4 members (excludes halogenated alkanes) is 7. The molecule has 1 rings (SSSR count). The second-order valence-corrected chi connectivity index (χ2v) is 10.7. The molecule has 3 unspecified atom stereocenters. The number of ether oxygens (including phenoxy) is 3. The van der Waals surface area contributed by atoms with E-state index in [2.05, 4.69) is 34.6 Å². The Bertz CT molecular complexity index is 736. The number of Topliss-reactive ketones (excluding diaryl/α,β-unsaturated/α-hetero) is 1. The Morgan fingerprint density at radius 2 is 1.39 bits per heavy atom. The zero-order valence-electron chi connectivity index (χ0n) is 23.8. The van der Waals surface area contributed by atoms with Gasteiger partial charge in [-0.2, -0.15) is 0 Å². The first-order valence-electron chi connectivity index (χ1n) is 13.3. The summed E-state index contributed by atoms with van der Waals surface area (Å²) >= 11 is 0. The Kier molecular flexibility index (Phi) is 18.3. The van der Waals surface area contributed by atoms with Crippen molar-refractivity contribution < 1.29 is 28.4 Å². The van der Waals surface area contributed by atoms with Crippen molar-refractivity contribution in [2.75, 3.05) is 20.8 Å². The zero-order chi connectivity index (χ0) is 27.6. The lowest BCUT2D eigenvalue weighted by Gasteiger charge is -2.26. The first-order valence-corrected chi connectivity index (χ1v) is 13.9. The Morgan fingerprint density at radius 1 is 0.889 bits per heavy atom. The molecule has 36 heavy (non-hydrogen) atoms. The maximum absolute atomic E-state index is 13.6. The van der Waals surface area contributed by atoms with Crippen molar-refractivity contribution in [2.24, 2.45) is 17.3 Å². The Labute approximate surface area is 221 Å². The molecular formula is C29H51O6P. The van der Waals surface area contributed by atoms with Crippen LogP contribution in [0.5, 0.6) is 11.5 Å². The van der Waals surface area contributed by atoms with Gasteiger partial charge in [0, 0.05) is 0 Å². The third kappa shape index (κ3) is 13.5. The van der Waals surface area contributed by atoms with Crippen LogP contribution in [0, 0.1) is 17.3 Å². The van der Waals surface area contributed by atoms with Gasteiger partial charge < -0.3 is 18.8 Å². The smallest absolute Gasteiger partial charge is 0.316 e. The summed E-state index contributed by atoms with van der Waals surface area (Å²) in [5.74, 6) is -0.609. The number of hydrogen-bond donors (Lipinski definition) is 0. The average molecular weight is 527 g/mol. The number of methoxy groups -OCH3 is 2. The van der Waals surface area contributed by atoms with Crippen molar-refractivity contribution in [2.45, 2.75) is 98.8 Å². The minimum absolute atomic E-state index is 0.107. The molecule has 0 radical (unpaired) electrons. The summed E-state index contributed by atoms with van der Waals surface area (Å²) in [6.45, 7) is 11.2. The van der Waals surface area contributed by atoms with Gasteiger partial charge in [-0.05, 0) is 42.7 Å². The van der Waals surface area contributed by atoms with Crippen LogP contribution in [-0.2, 0) is 14.1 Å². The molecule has 1 aromatic rings. The lowest BCUT2D eigenvalue weighted by atomic mass is 9.80. The van der Waals surface area contributed by atoms with Crippen LogP contribution in [0.1, 0.15) is 109 Å². The van der Waals surface area contributed by atoms with Gasteiger partial charge in [0.25, 0.3) is 0 Å². The molecule has 0 bridgehead atoms. The van der Waals surface area contributed by atoms with E-state index in [1.165, 1.54) is 46.3 Å². The molecule has 6 nitrogen and oxygen atoms in total. The Morgan fingerprint density at radius 3 is 1.86 bits per heavy atom. The van der Waals surface area contributed by atoms with Gasteiger partial charge in [-0.15, -0.1) is 0 Å². The van der Waals surface area contributed by atoms with Gasteiger partial charge >= 0.3 is 5.97 Å². The number of benzene rings is 1. The number of rotatable bonds is 17. The first-order chi connectivity index (χ1) is 17.1. The lowest BCUT2D eigenvalue weighted by molar-refractivity contribution is -0.147. The Balaban J connectivity index is 0.00000596. The second kappa shape index (κ2) is 19.3. The molecule has 0 saturated heterocycles. The molecule has 0 fully saturated rings. The van der Waals surface area contributed by atoms with Crippen molar-refractivity contribution in [3.8, 4) is 11.5 Å². The molecule has 0 aromatic heterocycles. The molecule has 3 atom stereocenters. The van der Waals surface area contributed by atoms with Crippen LogP contribution >= 0.6 is 9.12 Å². The highest BCUT2D eigenvalue weighted by atomic mass is 31.0. The van der Waals surface area contributed by atoms with Gasteiger partial charge in [0.2, 0.25) is 0 Å². The topological polar surface area (TPSA) is 78.9 Å². The molecule has 208 valence electrons. The van der Waals surface area contributed by atoms with Gasteiger partial charge in [0.05, 0.1) is 29.9 Å². The summed E-state index contributed by atoms with van der Waals surface area (Å²) in [6.07, 6.45) is 10.7. The number of esters is 1. The van der Waals surface area contributed by atoms with Crippen molar-refractivity contribution in [3.63, 3.8) is 0 Å². The molecule has 0 heterocycles. The standard InChI is InChI=1S/C29H48O5.H3OP/c1-8-9-10-11-12-13-14-15-19-34-28(31)23(20-22(2)21-29(3,4)5)27(30)26-24(32-6)17-16-18-25(26)33-7;1-2/h16-18,22-23H,8-15,19-21H2,1-7H3;2H3. The monoisotopic (exact) mass is 526 g/mol. The lowest BCUT2D eigenvalue weighted by Crippen LogP contribution is -2.30. The van der Waals surface area contributed by atoms with Crippen LogP contribution < -0.4 is 9.47 Å². The van der Waals surface area contributed by atoms with Gasteiger partial charge in [0.15, 0.2) is 5.78 Å². The second-order valence-electron chi connectivity index (χ2n) is 10.7. The van der Waals surface area contributed by atoms with E-state index in [1.807, 2.05) is 0 Å². The van der Waals surface area contributed by atoms with Crippen molar-refractivity contribution in [1.29, 1.82) is 0 Å².